The number of fused-ring (bicyclic) bond motifs is 1. The van der Waals surface area contributed by atoms with Crippen molar-refractivity contribution in [2.24, 2.45) is 5.92 Å². The van der Waals surface area contributed by atoms with Crippen LogP contribution >= 0.6 is 0 Å². The molecule has 0 saturated carbocycles. The highest BCUT2D eigenvalue weighted by Crippen LogP contribution is 2.45. The smallest absolute Gasteiger partial charge is 0.126 e. The maximum absolute atomic E-state index is 13.6. The van der Waals surface area contributed by atoms with Crippen molar-refractivity contribution in [1.82, 2.24) is 0 Å². The highest BCUT2D eigenvalue weighted by molar-refractivity contribution is 5.39. The van der Waals surface area contributed by atoms with E-state index in [-0.39, 0.29) is 11.7 Å². The van der Waals surface area contributed by atoms with E-state index in [2.05, 4.69) is 0 Å². The largest absolute Gasteiger partial charge is 0.385 e. The molecule has 1 heterocycles. The van der Waals surface area contributed by atoms with Gasteiger partial charge in [0.05, 0.1) is 12.2 Å². The summed E-state index contributed by atoms with van der Waals surface area (Å²) in [6.07, 6.45) is 2.12. The number of hydrogen-bond donors (Lipinski definition) is 1. The topological polar surface area (TPSA) is 29.5 Å². The van der Waals surface area contributed by atoms with Gasteiger partial charge in [-0.2, -0.15) is 0 Å². The first-order chi connectivity index (χ1) is 7.72. The molecule has 2 aliphatic rings. The molecule has 1 aromatic carbocycles. The van der Waals surface area contributed by atoms with Crippen LogP contribution in [0, 0.1) is 11.7 Å². The van der Waals surface area contributed by atoms with Crippen molar-refractivity contribution >= 4 is 0 Å². The molecule has 2 nitrogen and oxygen atoms in total. The Morgan fingerprint density at radius 3 is 3.06 bits per heavy atom. The monoisotopic (exact) mass is 222 g/mol. The van der Waals surface area contributed by atoms with Crippen LogP contribution in [0.1, 0.15) is 24.0 Å². The molecule has 2 unspecified atom stereocenters. The zero-order chi connectivity index (χ0) is 11.2. The summed E-state index contributed by atoms with van der Waals surface area (Å²) >= 11 is 0. The van der Waals surface area contributed by atoms with Crippen LogP contribution in [-0.4, -0.2) is 18.3 Å². The van der Waals surface area contributed by atoms with E-state index in [1.54, 1.807) is 6.07 Å². The lowest BCUT2D eigenvalue weighted by atomic mass is 9.82. The van der Waals surface area contributed by atoms with Crippen LogP contribution in [0.4, 0.5) is 4.39 Å². The zero-order valence-electron chi connectivity index (χ0n) is 9.08. The molecule has 1 fully saturated rings. The van der Waals surface area contributed by atoms with Crippen molar-refractivity contribution in [2.45, 2.75) is 24.9 Å². The third kappa shape index (κ3) is 1.31. The van der Waals surface area contributed by atoms with Crippen molar-refractivity contribution in [2.75, 3.05) is 13.2 Å². The average molecular weight is 222 g/mol. The van der Waals surface area contributed by atoms with Gasteiger partial charge < -0.3 is 9.84 Å². The summed E-state index contributed by atoms with van der Waals surface area (Å²) in [7, 11) is 0. The second kappa shape index (κ2) is 3.54. The summed E-state index contributed by atoms with van der Waals surface area (Å²) in [5.74, 6) is -0.0668. The van der Waals surface area contributed by atoms with Gasteiger partial charge in [-0.15, -0.1) is 0 Å². The minimum Gasteiger partial charge on any atom is -0.385 e. The van der Waals surface area contributed by atoms with Gasteiger partial charge in [0.1, 0.15) is 5.82 Å². The van der Waals surface area contributed by atoms with Crippen LogP contribution in [0.25, 0.3) is 0 Å². The van der Waals surface area contributed by atoms with E-state index in [4.69, 9.17) is 4.74 Å². The molecular formula is C13H15FO2. The van der Waals surface area contributed by atoms with Gasteiger partial charge in [0.2, 0.25) is 0 Å². The van der Waals surface area contributed by atoms with Crippen molar-refractivity contribution in [3.05, 3.63) is 35.1 Å². The molecule has 16 heavy (non-hydrogen) atoms. The van der Waals surface area contributed by atoms with Crippen molar-refractivity contribution in [3.8, 4) is 0 Å². The molecule has 1 saturated heterocycles. The lowest BCUT2D eigenvalue weighted by Gasteiger charge is -2.29. The highest BCUT2D eigenvalue weighted by atomic mass is 19.1. The number of ether oxygens (including phenoxy) is 1. The number of benzene rings is 1. The third-order valence-electron chi connectivity index (χ3n) is 3.95. The van der Waals surface area contributed by atoms with Crippen molar-refractivity contribution in [3.63, 3.8) is 0 Å². The second-order valence-corrected chi connectivity index (χ2v) is 4.75. The van der Waals surface area contributed by atoms with Crippen molar-refractivity contribution in [1.29, 1.82) is 0 Å². The minimum absolute atomic E-state index is 0.121. The second-order valence-electron chi connectivity index (χ2n) is 4.75. The first-order valence-corrected chi connectivity index (χ1v) is 5.80. The fraction of sp³-hybridized carbons (Fsp3) is 0.538. The van der Waals surface area contributed by atoms with Gasteiger partial charge in [-0.1, -0.05) is 12.1 Å². The van der Waals surface area contributed by atoms with Crippen molar-refractivity contribution < 1.29 is 14.2 Å². The van der Waals surface area contributed by atoms with E-state index in [1.165, 1.54) is 6.07 Å². The van der Waals surface area contributed by atoms with Crippen LogP contribution in [0.2, 0.25) is 0 Å². The third-order valence-corrected chi connectivity index (χ3v) is 3.95. The summed E-state index contributed by atoms with van der Waals surface area (Å²) < 4.78 is 18.9. The normalized spacial score (nSPS) is 33.0. The predicted molar refractivity (Wildman–Crippen MR) is 57.5 cm³/mol. The summed E-state index contributed by atoms with van der Waals surface area (Å²) in [6.45, 7) is 1.30. The maximum atomic E-state index is 13.6. The number of halogens is 1. The quantitative estimate of drug-likeness (QED) is 0.787. The molecule has 2 atom stereocenters. The zero-order valence-corrected chi connectivity index (χ0v) is 9.08. The van der Waals surface area contributed by atoms with Gasteiger partial charge in [-0.3, -0.25) is 0 Å². The summed E-state index contributed by atoms with van der Waals surface area (Å²) in [5.41, 5.74) is 0.605. The van der Waals surface area contributed by atoms with Gasteiger partial charge in [-0.05, 0) is 36.5 Å². The van der Waals surface area contributed by atoms with Gasteiger partial charge in [-0.25, -0.2) is 4.39 Å². The van der Waals surface area contributed by atoms with Gasteiger partial charge >= 0.3 is 0 Å². The number of hydrogen-bond acceptors (Lipinski definition) is 2. The fourth-order valence-corrected chi connectivity index (χ4v) is 3.00. The summed E-state index contributed by atoms with van der Waals surface area (Å²) in [4.78, 5) is 0. The molecule has 1 aliphatic heterocycles. The Morgan fingerprint density at radius 1 is 1.44 bits per heavy atom. The van der Waals surface area contributed by atoms with Crippen LogP contribution in [0.3, 0.4) is 0 Å². The highest BCUT2D eigenvalue weighted by Gasteiger charge is 2.45. The Balaban J connectivity index is 2.04. The summed E-state index contributed by atoms with van der Waals surface area (Å²) in [6, 6.07) is 5.00. The molecule has 1 N–H and O–H groups in total. The Labute approximate surface area is 94.0 Å². The number of rotatable bonds is 1. The Kier molecular flexibility index (Phi) is 2.26. The predicted octanol–water partition coefficient (Wildman–Crippen LogP) is 2.00. The van der Waals surface area contributed by atoms with E-state index < -0.39 is 5.60 Å². The van der Waals surface area contributed by atoms with Gasteiger partial charge in [0.25, 0.3) is 0 Å². The average Bonchev–Trinajstić information content (AvgIpc) is 2.88. The summed E-state index contributed by atoms with van der Waals surface area (Å²) in [5, 5.41) is 10.7. The molecule has 3 rings (SSSR count). The molecule has 0 spiro atoms. The first kappa shape index (κ1) is 10.2. The standard InChI is InChI=1S/C13H15FO2/c14-12-3-1-2-11-10(12)4-6-13(11,15)9-5-7-16-8-9/h1-3,9,15H,4-8H2. The SMILES string of the molecule is OC1(C2CCOC2)CCc2c(F)cccc21. The van der Waals surface area contributed by atoms with Crippen LogP contribution in [0.15, 0.2) is 18.2 Å². The van der Waals surface area contributed by atoms with E-state index in [1.807, 2.05) is 6.07 Å². The Bertz CT molecular complexity index is 412. The molecule has 1 aliphatic carbocycles. The van der Waals surface area contributed by atoms with Crippen LogP contribution in [0.5, 0.6) is 0 Å². The van der Waals surface area contributed by atoms with Gasteiger partial charge in [0.15, 0.2) is 0 Å². The molecule has 3 heteroatoms. The van der Waals surface area contributed by atoms with Crippen LogP contribution in [-0.2, 0) is 16.8 Å². The molecule has 0 radical (unpaired) electrons. The molecule has 0 aromatic heterocycles. The van der Waals surface area contributed by atoms with Gasteiger partial charge in [0, 0.05) is 12.5 Å². The van der Waals surface area contributed by atoms with E-state index in [0.717, 1.165) is 12.0 Å². The lowest BCUT2D eigenvalue weighted by molar-refractivity contribution is -0.0254. The molecule has 0 amide bonds. The van der Waals surface area contributed by atoms with E-state index in [9.17, 15) is 9.50 Å². The lowest BCUT2D eigenvalue weighted by Crippen LogP contribution is -2.33. The first-order valence-electron chi connectivity index (χ1n) is 5.80. The number of aliphatic hydroxyl groups is 1. The molecule has 86 valence electrons. The molecule has 0 bridgehead atoms. The Morgan fingerprint density at radius 2 is 2.31 bits per heavy atom. The maximum Gasteiger partial charge on any atom is 0.126 e. The molecular weight excluding hydrogens is 207 g/mol. The molecule has 1 aromatic rings. The van der Waals surface area contributed by atoms with E-state index >= 15 is 0 Å². The van der Waals surface area contributed by atoms with Crippen LogP contribution < -0.4 is 0 Å². The fourth-order valence-electron chi connectivity index (χ4n) is 3.00. The minimum atomic E-state index is -0.867. The Hall–Kier alpha value is -0.930. The van der Waals surface area contributed by atoms with E-state index in [0.29, 0.717) is 31.6 Å².